The zero-order valence-electron chi connectivity index (χ0n) is 12.4. The van der Waals surface area contributed by atoms with Crippen molar-refractivity contribution in [3.8, 4) is 0 Å². The third-order valence-electron chi connectivity index (χ3n) is 2.87. The normalized spacial score (nSPS) is 12.7. The predicted molar refractivity (Wildman–Crippen MR) is 80.3 cm³/mol. The molecule has 0 saturated carbocycles. The van der Waals surface area contributed by atoms with Crippen molar-refractivity contribution in [2.45, 2.75) is 59.3 Å². The number of unbranched alkanes of at least 4 members (excludes halogenated alkanes) is 1. The Morgan fingerprint density at radius 1 is 1.42 bits per heavy atom. The summed E-state index contributed by atoms with van der Waals surface area (Å²) in [5, 5.41) is 4.14. The highest BCUT2D eigenvalue weighted by molar-refractivity contribution is 7.07. The third-order valence-corrected chi connectivity index (χ3v) is 3.60. The van der Waals surface area contributed by atoms with Gasteiger partial charge in [0.2, 0.25) is 0 Å². The first kappa shape index (κ1) is 16.2. The van der Waals surface area contributed by atoms with Gasteiger partial charge in [-0.05, 0) is 49.6 Å². The van der Waals surface area contributed by atoms with Gasteiger partial charge in [-0.15, -0.1) is 0 Å². The van der Waals surface area contributed by atoms with Crippen molar-refractivity contribution in [2.24, 2.45) is 0 Å². The molecule has 1 atom stereocenters. The number of ether oxygens (including phenoxy) is 1. The van der Waals surface area contributed by atoms with Gasteiger partial charge >= 0.3 is 0 Å². The minimum atomic E-state index is -0.365. The summed E-state index contributed by atoms with van der Waals surface area (Å²) in [6.45, 7) is 9.39. The molecule has 0 saturated heterocycles. The fraction of sp³-hybridized carbons (Fsp3) is 0.667. The van der Waals surface area contributed by atoms with E-state index in [-0.39, 0.29) is 18.1 Å². The molecule has 1 amide bonds. The van der Waals surface area contributed by atoms with Crippen LogP contribution in [-0.4, -0.2) is 29.6 Å². The maximum Gasteiger partial charge on any atom is 0.251 e. The molecule has 1 aromatic heterocycles. The molecule has 4 heteroatoms. The van der Waals surface area contributed by atoms with E-state index in [9.17, 15) is 4.79 Å². The molecule has 19 heavy (non-hydrogen) atoms. The lowest BCUT2D eigenvalue weighted by Crippen LogP contribution is -2.40. The molecule has 0 bridgehead atoms. The Hall–Kier alpha value is -0.870. The summed E-state index contributed by atoms with van der Waals surface area (Å²) in [4.78, 5) is 14.3. The third kappa shape index (κ3) is 5.74. The zero-order chi connectivity index (χ0) is 14.3. The van der Waals surface area contributed by atoms with Crippen molar-refractivity contribution in [3.63, 3.8) is 0 Å². The minimum Gasteiger partial charge on any atom is -0.366 e. The molecule has 1 rings (SSSR count). The van der Waals surface area contributed by atoms with E-state index in [2.05, 4.69) is 18.4 Å². The van der Waals surface area contributed by atoms with Gasteiger partial charge in [0.05, 0.1) is 6.10 Å². The van der Waals surface area contributed by atoms with Gasteiger partial charge in [-0.3, -0.25) is 4.79 Å². The van der Waals surface area contributed by atoms with E-state index in [1.54, 1.807) is 11.3 Å². The van der Waals surface area contributed by atoms with Crippen LogP contribution in [0.4, 0.5) is 0 Å². The summed E-state index contributed by atoms with van der Waals surface area (Å²) in [5.74, 6) is 0.0911. The summed E-state index contributed by atoms with van der Waals surface area (Å²) in [7, 11) is 0. The second-order valence-corrected chi connectivity index (χ2v) is 5.85. The maximum atomic E-state index is 12.4. The van der Waals surface area contributed by atoms with Gasteiger partial charge in [0.15, 0.2) is 0 Å². The van der Waals surface area contributed by atoms with Crippen LogP contribution in [0.3, 0.4) is 0 Å². The molecule has 3 nitrogen and oxygen atoms in total. The summed E-state index contributed by atoms with van der Waals surface area (Å²) in [6, 6.07) is 2.07. The summed E-state index contributed by atoms with van der Waals surface area (Å²) in [6.07, 6.45) is 1.83. The Morgan fingerprint density at radius 3 is 2.68 bits per heavy atom. The molecule has 0 N–H and O–H groups in total. The van der Waals surface area contributed by atoms with Crippen LogP contribution in [0.25, 0.3) is 0 Å². The molecular formula is C15H25NO2S. The SMILES string of the molecule is CCCCN(Cc1ccsc1)C(=O)[C@H](C)OC(C)C. The van der Waals surface area contributed by atoms with Gasteiger partial charge in [0.1, 0.15) is 6.10 Å². The van der Waals surface area contributed by atoms with Gasteiger partial charge in [-0.2, -0.15) is 11.3 Å². The quantitative estimate of drug-likeness (QED) is 0.728. The smallest absolute Gasteiger partial charge is 0.251 e. The van der Waals surface area contributed by atoms with E-state index in [1.165, 1.54) is 5.56 Å². The van der Waals surface area contributed by atoms with E-state index in [0.29, 0.717) is 6.54 Å². The van der Waals surface area contributed by atoms with Crippen molar-refractivity contribution >= 4 is 17.2 Å². The molecule has 0 aliphatic heterocycles. The van der Waals surface area contributed by atoms with Crippen LogP contribution >= 0.6 is 11.3 Å². The largest absolute Gasteiger partial charge is 0.366 e. The van der Waals surface area contributed by atoms with Crippen LogP contribution in [-0.2, 0) is 16.1 Å². The molecule has 0 aromatic carbocycles. The number of amides is 1. The first-order valence-electron chi connectivity index (χ1n) is 7.00. The standard InChI is InChI=1S/C15H25NO2S/c1-5-6-8-16(10-14-7-9-19-11-14)15(17)13(4)18-12(2)3/h7,9,11-13H,5-6,8,10H2,1-4H3/t13-/m0/s1. The number of rotatable bonds is 8. The van der Waals surface area contributed by atoms with Gasteiger partial charge in [0.25, 0.3) is 5.91 Å². The molecule has 108 valence electrons. The Bertz CT molecular complexity index is 362. The highest BCUT2D eigenvalue weighted by atomic mass is 32.1. The highest BCUT2D eigenvalue weighted by Gasteiger charge is 2.21. The van der Waals surface area contributed by atoms with Crippen LogP contribution in [0, 0.1) is 0 Å². The maximum absolute atomic E-state index is 12.4. The van der Waals surface area contributed by atoms with Crippen molar-refractivity contribution < 1.29 is 9.53 Å². The number of nitrogens with zero attached hydrogens (tertiary/aromatic N) is 1. The molecular weight excluding hydrogens is 258 g/mol. The number of hydrogen-bond acceptors (Lipinski definition) is 3. The van der Waals surface area contributed by atoms with E-state index in [4.69, 9.17) is 4.74 Å². The molecule has 0 radical (unpaired) electrons. The fourth-order valence-corrected chi connectivity index (χ4v) is 2.60. The van der Waals surface area contributed by atoms with Crippen LogP contribution < -0.4 is 0 Å². The van der Waals surface area contributed by atoms with Crippen molar-refractivity contribution in [1.29, 1.82) is 0 Å². The Morgan fingerprint density at radius 2 is 2.16 bits per heavy atom. The molecule has 1 aromatic rings. The van der Waals surface area contributed by atoms with Gasteiger partial charge < -0.3 is 9.64 Å². The van der Waals surface area contributed by atoms with Gasteiger partial charge in [0, 0.05) is 13.1 Å². The molecule has 1 heterocycles. The summed E-state index contributed by atoms with van der Waals surface area (Å²) >= 11 is 1.67. The Balaban J connectivity index is 2.63. The molecule has 0 unspecified atom stereocenters. The van der Waals surface area contributed by atoms with E-state index in [1.807, 2.05) is 31.1 Å². The summed E-state index contributed by atoms with van der Waals surface area (Å²) in [5.41, 5.74) is 1.20. The van der Waals surface area contributed by atoms with Gasteiger partial charge in [-0.1, -0.05) is 13.3 Å². The Labute approximate surface area is 120 Å². The average Bonchev–Trinajstić information content (AvgIpc) is 2.85. The van der Waals surface area contributed by atoms with Crippen LogP contribution in [0.15, 0.2) is 16.8 Å². The van der Waals surface area contributed by atoms with E-state index in [0.717, 1.165) is 19.4 Å². The highest BCUT2D eigenvalue weighted by Crippen LogP contribution is 2.13. The van der Waals surface area contributed by atoms with Crippen LogP contribution in [0.1, 0.15) is 46.1 Å². The van der Waals surface area contributed by atoms with E-state index >= 15 is 0 Å². The molecule has 0 spiro atoms. The molecule has 0 aliphatic carbocycles. The zero-order valence-corrected chi connectivity index (χ0v) is 13.2. The monoisotopic (exact) mass is 283 g/mol. The number of carbonyl (C=O) groups excluding carboxylic acids is 1. The lowest BCUT2D eigenvalue weighted by atomic mass is 10.2. The first-order valence-corrected chi connectivity index (χ1v) is 7.94. The van der Waals surface area contributed by atoms with Crippen molar-refractivity contribution in [3.05, 3.63) is 22.4 Å². The number of hydrogen-bond donors (Lipinski definition) is 0. The summed E-state index contributed by atoms with van der Waals surface area (Å²) < 4.78 is 5.60. The van der Waals surface area contributed by atoms with Gasteiger partial charge in [-0.25, -0.2) is 0 Å². The lowest BCUT2D eigenvalue weighted by Gasteiger charge is -2.26. The fourth-order valence-electron chi connectivity index (χ4n) is 1.94. The molecule has 0 aliphatic rings. The predicted octanol–water partition coefficient (Wildman–Crippen LogP) is 3.69. The number of carbonyl (C=O) groups is 1. The molecule has 0 fully saturated rings. The lowest BCUT2D eigenvalue weighted by molar-refractivity contribution is -0.145. The van der Waals surface area contributed by atoms with Crippen molar-refractivity contribution in [2.75, 3.05) is 6.54 Å². The minimum absolute atomic E-state index is 0.0770. The van der Waals surface area contributed by atoms with E-state index < -0.39 is 0 Å². The Kier molecular flexibility index (Phi) is 7.10. The topological polar surface area (TPSA) is 29.5 Å². The second kappa shape index (κ2) is 8.33. The van der Waals surface area contributed by atoms with Crippen molar-refractivity contribution in [1.82, 2.24) is 4.90 Å². The second-order valence-electron chi connectivity index (χ2n) is 5.07. The number of thiophene rings is 1. The van der Waals surface area contributed by atoms with Crippen LogP contribution in [0.2, 0.25) is 0 Å². The average molecular weight is 283 g/mol. The van der Waals surface area contributed by atoms with Crippen LogP contribution in [0.5, 0.6) is 0 Å². The first-order chi connectivity index (χ1) is 9.04.